The highest BCUT2D eigenvalue weighted by Crippen LogP contribution is 2.33. The Kier molecular flexibility index (Phi) is 4.36. The third kappa shape index (κ3) is 2.78. The molecule has 6 heteroatoms. The molecule has 0 unspecified atom stereocenters. The van der Waals surface area contributed by atoms with Gasteiger partial charge >= 0.3 is 0 Å². The van der Waals surface area contributed by atoms with Gasteiger partial charge in [0.2, 0.25) is 5.91 Å². The molecule has 2 bridgehead atoms. The number of carbonyl (C=O) groups is 2. The van der Waals surface area contributed by atoms with Gasteiger partial charge in [-0.25, -0.2) is 0 Å². The van der Waals surface area contributed by atoms with Crippen molar-refractivity contribution in [3.63, 3.8) is 0 Å². The van der Waals surface area contributed by atoms with E-state index in [9.17, 15) is 14.7 Å². The molecule has 0 spiro atoms. The maximum Gasteiger partial charge on any atom is 0.256 e. The van der Waals surface area contributed by atoms with E-state index in [0.717, 1.165) is 42.4 Å². The number of piperidine rings is 1. The van der Waals surface area contributed by atoms with Crippen LogP contribution in [0, 0.1) is 12.8 Å². The van der Waals surface area contributed by atoms with Gasteiger partial charge in [0.15, 0.2) is 0 Å². The van der Waals surface area contributed by atoms with Gasteiger partial charge in [0, 0.05) is 49.3 Å². The van der Waals surface area contributed by atoms with Crippen molar-refractivity contribution in [2.75, 3.05) is 19.6 Å². The summed E-state index contributed by atoms with van der Waals surface area (Å²) < 4.78 is 1.99. The van der Waals surface area contributed by atoms with Crippen LogP contribution in [-0.4, -0.2) is 57.0 Å². The Bertz CT molecular complexity index is 917. The lowest BCUT2D eigenvalue weighted by Crippen LogP contribution is -2.48. The van der Waals surface area contributed by atoms with Gasteiger partial charge in [-0.1, -0.05) is 6.92 Å². The van der Waals surface area contributed by atoms with Crippen LogP contribution in [0.25, 0.3) is 10.9 Å². The first-order valence-corrected chi connectivity index (χ1v) is 9.80. The quantitative estimate of drug-likeness (QED) is 0.905. The second-order valence-corrected chi connectivity index (χ2v) is 7.89. The van der Waals surface area contributed by atoms with Crippen LogP contribution in [0.2, 0.25) is 0 Å². The molecule has 3 fully saturated rings. The van der Waals surface area contributed by atoms with E-state index >= 15 is 0 Å². The average molecular weight is 369 g/mol. The van der Waals surface area contributed by atoms with Gasteiger partial charge in [-0.2, -0.15) is 0 Å². The largest absolute Gasteiger partial charge is 0.508 e. The number of carbonyl (C=O) groups excluding carboxylic acids is 2. The van der Waals surface area contributed by atoms with Gasteiger partial charge in [0.05, 0.1) is 11.5 Å². The lowest BCUT2D eigenvalue weighted by Gasteiger charge is -2.35. The highest BCUT2D eigenvalue weighted by Gasteiger charge is 2.42. The third-order valence-corrected chi connectivity index (χ3v) is 6.23. The summed E-state index contributed by atoms with van der Waals surface area (Å²) in [5, 5.41) is 10.7. The molecule has 1 N–H and O–H groups in total. The number of aromatic hydroxyl groups is 1. The number of benzene rings is 1. The second-order valence-electron chi connectivity index (χ2n) is 7.89. The summed E-state index contributed by atoms with van der Waals surface area (Å²) in [5.74, 6) is 0.229. The summed E-state index contributed by atoms with van der Waals surface area (Å²) in [5.41, 5.74) is 2.45. The molecule has 3 aliphatic rings. The van der Waals surface area contributed by atoms with Gasteiger partial charge in [0.1, 0.15) is 5.75 Å². The first kappa shape index (κ1) is 17.9. The van der Waals surface area contributed by atoms with Crippen molar-refractivity contribution in [3.05, 3.63) is 29.5 Å². The van der Waals surface area contributed by atoms with Crippen LogP contribution in [0.5, 0.6) is 5.75 Å². The molecule has 4 heterocycles. The van der Waals surface area contributed by atoms with E-state index in [1.165, 1.54) is 0 Å². The number of phenolic OH excluding ortho intramolecular Hbond substituents is 1. The van der Waals surface area contributed by atoms with Crippen molar-refractivity contribution in [2.24, 2.45) is 13.0 Å². The number of phenols is 1. The Morgan fingerprint density at radius 3 is 2.78 bits per heavy atom. The molecule has 1 aromatic heterocycles. The predicted molar refractivity (Wildman–Crippen MR) is 104 cm³/mol. The fourth-order valence-corrected chi connectivity index (χ4v) is 4.73. The van der Waals surface area contributed by atoms with Gasteiger partial charge in [-0.15, -0.1) is 0 Å². The predicted octanol–water partition coefficient (Wildman–Crippen LogP) is 2.67. The minimum absolute atomic E-state index is 0.0354. The summed E-state index contributed by atoms with van der Waals surface area (Å²) >= 11 is 0. The van der Waals surface area contributed by atoms with Crippen molar-refractivity contribution in [2.45, 2.75) is 39.2 Å². The molecule has 3 aliphatic heterocycles. The van der Waals surface area contributed by atoms with Crippen molar-refractivity contribution in [1.29, 1.82) is 0 Å². The van der Waals surface area contributed by atoms with Crippen LogP contribution in [0.4, 0.5) is 0 Å². The maximum atomic E-state index is 13.5. The first-order chi connectivity index (χ1) is 12.9. The SMILES string of the molecule is CCCN1C(=O)[C@@H]2CC[C@H]1CN(C(=O)c1c(C)n(C)c3ccc(O)cc13)C2. The van der Waals surface area contributed by atoms with Crippen LogP contribution < -0.4 is 0 Å². The molecule has 2 aromatic rings. The van der Waals surface area contributed by atoms with Crippen molar-refractivity contribution < 1.29 is 14.7 Å². The van der Waals surface area contributed by atoms with E-state index in [1.54, 1.807) is 12.1 Å². The summed E-state index contributed by atoms with van der Waals surface area (Å²) in [7, 11) is 1.93. The fraction of sp³-hybridized carbons (Fsp3) is 0.524. The summed E-state index contributed by atoms with van der Waals surface area (Å²) in [6, 6.07) is 5.26. The molecular formula is C21H27N3O3. The zero-order valence-corrected chi connectivity index (χ0v) is 16.2. The Balaban J connectivity index is 1.72. The van der Waals surface area contributed by atoms with Crippen molar-refractivity contribution >= 4 is 22.7 Å². The first-order valence-electron chi connectivity index (χ1n) is 9.80. The molecule has 5 rings (SSSR count). The smallest absolute Gasteiger partial charge is 0.256 e. The Morgan fingerprint density at radius 1 is 1.26 bits per heavy atom. The van der Waals surface area contributed by atoms with Crippen LogP contribution in [0.1, 0.15) is 42.2 Å². The zero-order chi connectivity index (χ0) is 19.3. The summed E-state index contributed by atoms with van der Waals surface area (Å²) in [6.07, 6.45) is 2.77. The van der Waals surface area contributed by atoms with E-state index in [1.807, 2.05) is 34.4 Å². The number of amides is 2. The Morgan fingerprint density at radius 2 is 2.04 bits per heavy atom. The van der Waals surface area contributed by atoms with Crippen LogP contribution in [0.15, 0.2) is 18.2 Å². The van der Waals surface area contributed by atoms with E-state index < -0.39 is 0 Å². The molecule has 144 valence electrons. The molecule has 27 heavy (non-hydrogen) atoms. The average Bonchev–Trinajstić information content (AvgIpc) is 2.81. The normalized spacial score (nSPS) is 22.6. The number of aryl methyl sites for hydroxylation is 1. The number of rotatable bonds is 3. The highest BCUT2D eigenvalue weighted by atomic mass is 16.3. The number of aromatic nitrogens is 1. The lowest BCUT2D eigenvalue weighted by molar-refractivity contribution is -0.139. The maximum absolute atomic E-state index is 13.5. The molecule has 1 aromatic carbocycles. The van der Waals surface area contributed by atoms with Gasteiger partial charge in [-0.05, 0) is 44.4 Å². The lowest BCUT2D eigenvalue weighted by atomic mass is 9.94. The van der Waals surface area contributed by atoms with E-state index in [-0.39, 0.29) is 29.5 Å². The number of fused-ring (bicyclic) bond motifs is 5. The van der Waals surface area contributed by atoms with E-state index in [2.05, 4.69) is 6.92 Å². The van der Waals surface area contributed by atoms with E-state index in [0.29, 0.717) is 18.7 Å². The molecule has 2 atom stereocenters. The molecule has 2 amide bonds. The molecule has 0 saturated carbocycles. The fourth-order valence-electron chi connectivity index (χ4n) is 4.73. The highest BCUT2D eigenvalue weighted by molar-refractivity contribution is 6.09. The monoisotopic (exact) mass is 369 g/mol. The zero-order valence-electron chi connectivity index (χ0n) is 16.2. The molecule has 6 nitrogen and oxygen atoms in total. The standard InChI is InChI=1S/C21H27N3O3/c1-4-9-24-15-6-5-14(20(24)26)11-23(12-15)21(27)19-13(2)22(3)18-8-7-16(25)10-17(18)19/h7-8,10,14-15,25H,4-6,9,11-12H2,1-3H3/t14-,15+/m1/s1. The molecule has 0 radical (unpaired) electrons. The topological polar surface area (TPSA) is 65.8 Å². The Hall–Kier alpha value is -2.50. The van der Waals surface area contributed by atoms with Gasteiger partial charge in [-0.3, -0.25) is 9.59 Å². The van der Waals surface area contributed by atoms with Gasteiger partial charge in [0.25, 0.3) is 5.91 Å². The van der Waals surface area contributed by atoms with Crippen molar-refractivity contribution in [1.82, 2.24) is 14.4 Å². The number of hydrogen-bond donors (Lipinski definition) is 1. The molecule has 0 aliphatic carbocycles. The molecular weight excluding hydrogens is 342 g/mol. The van der Waals surface area contributed by atoms with Crippen LogP contribution >= 0.6 is 0 Å². The molecule has 3 saturated heterocycles. The second kappa shape index (κ2) is 6.59. The van der Waals surface area contributed by atoms with E-state index in [4.69, 9.17) is 0 Å². The number of hydrogen-bond acceptors (Lipinski definition) is 3. The van der Waals surface area contributed by atoms with Crippen molar-refractivity contribution in [3.8, 4) is 5.75 Å². The van der Waals surface area contributed by atoms with Crippen LogP contribution in [-0.2, 0) is 11.8 Å². The summed E-state index contributed by atoms with van der Waals surface area (Å²) in [6.45, 7) is 5.87. The minimum Gasteiger partial charge on any atom is -0.508 e. The Labute approximate surface area is 159 Å². The van der Waals surface area contributed by atoms with Gasteiger partial charge < -0.3 is 19.5 Å². The minimum atomic E-state index is -0.0945. The summed E-state index contributed by atoms with van der Waals surface area (Å²) in [4.78, 5) is 30.1. The van der Waals surface area contributed by atoms with Crippen LogP contribution in [0.3, 0.4) is 0 Å². The third-order valence-electron chi connectivity index (χ3n) is 6.23. The number of nitrogens with zero attached hydrogens (tertiary/aromatic N) is 3.